The first-order valence-corrected chi connectivity index (χ1v) is 7.40. The van der Waals surface area contributed by atoms with E-state index < -0.39 is 0 Å². The third-order valence-electron chi connectivity index (χ3n) is 3.38. The van der Waals surface area contributed by atoms with E-state index in [-0.39, 0.29) is 5.92 Å². The summed E-state index contributed by atoms with van der Waals surface area (Å²) in [5.41, 5.74) is 2.47. The number of hydrogen-bond donors (Lipinski definition) is 0. The quantitative estimate of drug-likeness (QED) is 0.616. The smallest absolute Gasteiger partial charge is 0.116 e. The molecule has 0 aliphatic carbocycles. The van der Waals surface area contributed by atoms with Crippen molar-refractivity contribution in [1.82, 2.24) is 0 Å². The van der Waals surface area contributed by atoms with Crippen LogP contribution in [0.15, 0.2) is 75.6 Å². The first-order valence-electron chi connectivity index (χ1n) is 6.61. The highest BCUT2D eigenvalue weighted by Crippen LogP contribution is 2.33. The van der Waals surface area contributed by atoms with Gasteiger partial charge in [-0.2, -0.15) is 0 Å². The second kappa shape index (κ2) is 5.68. The van der Waals surface area contributed by atoms with Crippen LogP contribution in [-0.2, 0) is 0 Å². The Labute approximate surface area is 127 Å². The molecule has 2 heteroatoms. The highest BCUT2D eigenvalue weighted by molar-refractivity contribution is 9.10. The first-order chi connectivity index (χ1) is 9.74. The third kappa shape index (κ3) is 2.70. The molecule has 0 aliphatic heterocycles. The number of furan rings is 1. The second-order valence-electron chi connectivity index (χ2n) is 4.84. The Hall–Kier alpha value is -1.80. The molecule has 1 aromatic heterocycles. The number of rotatable bonds is 3. The van der Waals surface area contributed by atoms with Gasteiger partial charge in [0, 0.05) is 4.47 Å². The van der Waals surface area contributed by atoms with Gasteiger partial charge in [0.15, 0.2) is 0 Å². The highest BCUT2D eigenvalue weighted by Gasteiger charge is 2.19. The van der Waals surface area contributed by atoms with Gasteiger partial charge in [-0.25, -0.2) is 0 Å². The lowest BCUT2D eigenvalue weighted by Gasteiger charge is -2.16. The summed E-state index contributed by atoms with van der Waals surface area (Å²) in [6.07, 6.45) is 0. The van der Waals surface area contributed by atoms with Crippen molar-refractivity contribution in [3.05, 3.63) is 93.9 Å². The Morgan fingerprint density at radius 1 is 0.800 bits per heavy atom. The summed E-state index contributed by atoms with van der Waals surface area (Å²) in [5, 5.41) is 0. The highest BCUT2D eigenvalue weighted by atomic mass is 79.9. The van der Waals surface area contributed by atoms with Crippen LogP contribution in [0.1, 0.15) is 28.6 Å². The fourth-order valence-corrected chi connectivity index (χ4v) is 2.69. The predicted octanol–water partition coefficient (Wildman–Crippen LogP) is 5.53. The molecule has 0 spiro atoms. The number of benzene rings is 2. The van der Waals surface area contributed by atoms with Gasteiger partial charge >= 0.3 is 0 Å². The van der Waals surface area contributed by atoms with Crippen LogP contribution < -0.4 is 0 Å². The first kappa shape index (κ1) is 13.2. The summed E-state index contributed by atoms with van der Waals surface area (Å²) in [6, 6.07) is 23.0. The van der Waals surface area contributed by atoms with E-state index in [1.807, 2.05) is 19.1 Å². The molecule has 3 rings (SSSR count). The molecule has 0 amide bonds. The molecule has 0 fully saturated rings. The van der Waals surface area contributed by atoms with Crippen LogP contribution in [0.3, 0.4) is 0 Å². The molecule has 1 atom stereocenters. The number of aryl methyl sites for hydroxylation is 1. The van der Waals surface area contributed by atoms with Crippen molar-refractivity contribution in [2.45, 2.75) is 12.8 Å². The predicted molar refractivity (Wildman–Crippen MR) is 85.0 cm³/mol. The maximum absolute atomic E-state index is 5.87. The van der Waals surface area contributed by atoms with Crippen LogP contribution in [0.2, 0.25) is 0 Å². The normalized spacial score (nSPS) is 12.3. The van der Waals surface area contributed by atoms with Gasteiger partial charge < -0.3 is 4.42 Å². The number of hydrogen-bond acceptors (Lipinski definition) is 1. The van der Waals surface area contributed by atoms with Crippen molar-refractivity contribution < 1.29 is 4.42 Å². The van der Waals surface area contributed by atoms with Crippen molar-refractivity contribution >= 4 is 15.9 Å². The molecule has 0 N–H and O–H groups in total. The summed E-state index contributed by atoms with van der Waals surface area (Å²) in [6.45, 7) is 1.98. The van der Waals surface area contributed by atoms with Crippen LogP contribution in [0.5, 0.6) is 0 Å². The molecule has 1 nitrogen and oxygen atoms in total. The van der Waals surface area contributed by atoms with Gasteiger partial charge in [0.2, 0.25) is 0 Å². The zero-order chi connectivity index (χ0) is 13.9. The largest absolute Gasteiger partial charge is 0.465 e. The molecular weight excluding hydrogens is 312 g/mol. The summed E-state index contributed by atoms with van der Waals surface area (Å²) < 4.78 is 6.96. The topological polar surface area (TPSA) is 13.1 Å². The van der Waals surface area contributed by atoms with E-state index in [1.165, 1.54) is 11.1 Å². The van der Waals surface area contributed by atoms with Crippen molar-refractivity contribution in [1.29, 1.82) is 0 Å². The number of halogens is 1. The van der Waals surface area contributed by atoms with E-state index in [4.69, 9.17) is 4.42 Å². The minimum absolute atomic E-state index is 0.137. The van der Waals surface area contributed by atoms with Crippen molar-refractivity contribution in [2.75, 3.05) is 0 Å². The molecule has 0 radical (unpaired) electrons. The molecule has 1 unspecified atom stereocenters. The fraction of sp³-hybridized carbons (Fsp3) is 0.111. The average molecular weight is 327 g/mol. The van der Waals surface area contributed by atoms with Gasteiger partial charge in [0.05, 0.1) is 5.92 Å². The van der Waals surface area contributed by atoms with Crippen LogP contribution >= 0.6 is 15.9 Å². The van der Waals surface area contributed by atoms with Gasteiger partial charge in [-0.15, -0.1) is 0 Å². The van der Waals surface area contributed by atoms with E-state index in [0.29, 0.717) is 0 Å². The van der Waals surface area contributed by atoms with Gasteiger partial charge in [-0.3, -0.25) is 0 Å². The Morgan fingerprint density at radius 3 is 2.05 bits per heavy atom. The maximum Gasteiger partial charge on any atom is 0.116 e. The van der Waals surface area contributed by atoms with Crippen molar-refractivity contribution in [3.8, 4) is 0 Å². The molecule has 0 saturated heterocycles. The Kier molecular flexibility index (Phi) is 3.75. The molecule has 20 heavy (non-hydrogen) atoms. The SMILES string of the molecule is Cc1ccc(C(c2ccccc2)c2ccc(Br)cc2)o1. The van der Waals surface area contributed by atoms with E-state index >= 15 is 0 Å². The van der Waals surface area contributed by atoms with Gasteiger partial charge in [0.25, 0.3) is 0 Å². The van der Waals surface area contributed by atoms with Crippen LogP contribution in [0.25, 0.3) is 0 Å². The molecule has 0 aliphatic rings. The summed E-state index contributed by atoms with van der Waals surface area (Å²) in [7, 11) is 0. The minimum Gasteiger partial charge on any atom is -0.465 e. The Morgan fingerprint density at radius 2 is 1.45 bits per heavy atom. The lowest BCUT2D eigenvalue weighted by atomic mass is 9.89. The van der Waals surface area contributed by atoms with Gasteiger partial charge in [-0.1, -0.05) is 58.4 Å². The Bertz CT molecular complexity index is 683. The molecular formula is C18H15BrO. The minimum atomic E-state index is 0.137. The zero-order valence-corrected chi connectivity index (χ0v) is 12.8. The average Bonchev–Trinajstić information content (AvgIpc) is 2.89. The van der Waals surface area contributed by atoms with Crippen LogP contribution in [0.4, 0.5) is 0 Å². The molecule has 100 valence electrons. The molecule has 0 bridgehead atoms. The molecule has 3 aromatic rings. The lowest BCUT2D eigenvalue weighted by molar-refractivity contribution is 0.478. The third-order valence-corrected chi connectivity index (χ3v) is 3.91. The molecule has 0 saturated carbocycles. The van der Waals surface area contributed by atoms with E-state index in [2.05, 4.69) is 70.5 Å². The Balaban J connectivity index is 2.10. The van der Waals surface area contributed by atoms with Crippen LogP contribution in [-0.4, -0.2) is 0 Å². The van der Waals surface area contributed by atoms with Gasteiger partial charge in [-0.05, 0) is 42.3 Å². The van der Waals surface area contributed by atoms with Gasteiger partial charge in [0.1, 0.15) is 11.5 Å². The van der Waals surface area contributed by atoms with E-state index in [0.717, 1.165) is 16.0 Å². The summed E-state index contributed by atoms with van der Waals surface area (Å²) in [5.74, 6) is 2.06. The maximum atomic E-state index is 5.87. The van der Waals surface area contributed by atoms with Crippen molar-refractivity contribution in [2.24, 2.45) is 0 Å². The van der Waals surface area contributed by atoms with Crippen molar-refractivity contribution in [3.63, 3.8) is 0 Å². The van der Waals surface area contributed by atoms with Crippen LogP contribution in [0, 0.1) is 6.92 Å². The van der Waals surface area contributed by atoms with E-state index in [1.54, 1.807) is 0 Å². The summed E-state index contributed by atoms with van der Waals surface area (Å²) >= 11 is 3.49. The zero-order valence-electron chi connectivity index (χ0n) is 11.2. The lowest BCUT2D eigenvalue weighted by Crippen LogP contribution is -2.01. The second-order valence-corrected chi connectivity index (χ2v) is 5.76. The summed E-state index contributed by atoms with van der Waals surface area (Å²) in [4.78, 5) is 0. The fourth-order valence-electron chi connectivity index (χ4n) is 2.43. The standard InChI is InChI=1S/C18H15BrO/c1-13-7-12-17(20-13)18(14-5-3-2-4-6-14)15-8-10-16(19)11-9-15/h2-12,18H,1H3. The molecule has 2 aromatic carbocycles. The van der Waals surface area contributed by atoms with E-state index in [9.17, 15) is 0 Å². The monoisotopic (exact) mass is 326 g/mol. The molecule has 1 heterocycles.